The maximum absolute atomic E-state index is 11.1. The number of ether oxygens (including phenoxy) is 1. The van der Waals surface area contributed by atoms with Crippen LogP contribution in [-0.2, 0) is 0 Å². The van der Waals surface area contributed by atoms with Gasteiger partial charge < -0.3 is 9.84 Å². The van der Waals surface area contributed by atoms with Crippen molar-refractivity contribution >= 4 is 5.97 Å². The molecule has 0 aliphatic heterocycles. The maximum atomic E-state index is 11.1. The number of aryl methyl sites for hydroxylation is 2. The van der Waals surface area contributed by atoms with E-state index in [4.69, 9.17) is 9.84 Å². The minimum atomic E-state index is -1.03. The van der Waals surface area contributed by atoms with Gasteiger partial charge in [0.2, 0.25) is 5.88 Å². The topological polar surface area (TPSA) is 72.3 Å². The average molecular weight is 244 g/mol. The molecule has 18 heavy (non-hydrogen) atoms. The number of carboxylic acids is 1. The molecule has 92 valence electrons. The van der Waals surface area contributed by atoms with Gasteiger partial charge in [-0.15, -0.1) is 0 Å². The summed E-state index contributed by atoms with van der Waals surface area (Å²) in [5, 5.41) is 9.08. The summed E-state index contributed by atoms with van der Waals surface area (Å²) in [5.41, 5.74) is 1.03. The number of aromatic carboxylic acids is 1. The molecule has 0 unspecified atom stereocenters. The van der Waals surface area contributed by atoms with Crippen LogP contribution in [0.5, 0.6) is 11.6 Å². The largest absolute Gasteiger partial charge is 0.478 e. The first-order valence-electron chi connectivity index (χ1n) is 5.38. The summed E-state index contributed by atoms with van der Waals surface area (Å²) in [4.78, 5) is 19.1. The molecular formula is C13H12N2O3. The monoisotopic (exact) mass is 244 g/mol. The number of aromatic nitrogens is 2. The number of benzene rings is 1. The predicted octanol–water partition coefficient (Wildman–Crippen LogP) is 2.58. The van der Waals surface area contributed by atoms with Crippen molar-refractivity contribution in [3.63, 3.8) is 0 Å². The zero-order valence-electron chi connectivity index (χ0n) is 10.0. The third-order valence-corrected chi connectivity index (χ3v) is 2.33. The summed E-state index contributed by atoms with van der Waals surface area (Å²) in [6.45, 7) is 3.60. The molecule has 0 saturated heterocycles. The van der Waals surface area contributed by atoms with Gasteiger partial charge in [0.15, 0.2) is 0 Å². The van der Waals surface area contributed by atoms with E-state index in [2.05, 4.69) is 9.97 Å². The Hall–Kier alpha value is -2.43. The van der Waals surface area contributed by atoms with Crippen LogP contribution in [-0.4, -0.2) is 21.0 Å². The Morgan fingerprint density at radius 3 is 2.72 bits per heavy atom. The molecule has 1 N–H and O–H groups in total. The van der Waals surface area contributed by atoms with Crippen molar-refractivity contribution in [3.05, 3.63) is 47.4 Å². The summed E-state index contributed by atoms with van der Waals surface area (Å²) in [7, 11) is 0. The Balaban J connectivity index is 2.39. The fourth-order valence-electron chi connectivity index (χ4n) is 1.49. The molecule has 5 heteroatoms. The smallest absolute Gasteiger partial charge is 0.339 e. The van der Waals surface area contributed by atoms with Crippen LogP contribution in [0.3, 0.4) is 0 Å². The van der Waals surface area contributed by atoms with Crippen LogP contribution in [0, 0.1) is 13.8 Å². The van der Waals surface area contributed by atoms with Crippen LogP contribution >= 0.6 is 0 Å². The van der Waals surface area contributed by atoms with Crippen molar-refractivity contribution < 1.29 is 14.6 Å². The van der Waals surface area contributed by atoms with E-state index in [1.165, 1.54) is 6.07 Å². The predicted molar refractivity (Wildman–Crippen MR) is 65.0 cm³/mol. The highest BCUT2D eigenvalue weighted by Gasteiger charge is 2.12. The van der Waals surface area contributed by atoms with Gasteiger partial charge >= 0.3 is 5.97 Å². The first-order valence-corrected chi connectivity index (χ1v) is 5.38. The fourth-order valence-corrected chi connectivity index (χ4v) is 1.49. The molecule has 0 amide bonds. The van der Waals surface area contributed by atoms with E-state index in [-0.39, 0.29) is 11.3 Å². The zero-order valence-corrected chi connectivity index (χ0v) is 10.0. The van der Waals surface area contributed by atoms with Crippen LogP contribution in [0.4, 0.5) is 0 Å². The number of nitrogens with zero attached hydrogens (tertiary/aromatic N) is 2. The highest BCUT2D eigenvalue weighted by molar-refractivity contribution is 5.91. The molecule has 0 spiro atoms. The molecule has 0 fully saturated rings. The quantitative estimate of drug-likeness (QED) is 0.898. The van der Waals surface area contributed by atoms with Crippen molar-refractivity contribution in [3.8, 4) is 11.6 Å². The normalized spacial score (nSPS) is 10.1. The van der Waals surface area contributed by atoms with Gasteiger partial charge in [-0.25, -0.2) is 9.78 Å². The van der Waals surface area contributed by atoms with Crippen LogP contribution in [0.25, 0.3) is 0 Å². The minimum absolute atomic E-state index is 0.108. The van der Waals surface area contributed by atoms with Gasteiger partial charge in [0.25, 0.3) is 0 Å². The van der Waals surface area contributed by atoms with E-state index in [1.807, 2.05) is 6.92 Å². The summed E-state index contributed by atoms with van der Waals surface area (Å²) < 4.78 is 5.50. The molecule has 0 bridgehead atoms. The molecule has 5 nitrogen and oxygen atoms in total. The molecule has 0 atom stereocenters. The SMILES string of the molecule is Cc1ccc(C(=O)O)c(Oc2ccnc(C)n2)c1. The highest BCUT2D eigenvalue weighted by atomic mass is 16.5. The minimum Gasteiger partial charge on any atom is -0.478 e. The Morgan fingerprint density at radius 1 is 1.28 bits per heavy atom. The summed E-state index contributed by atoms with van der Waals surface area (Å²) in [6.07, 6.45) is 1.56. The Labute approximate surface area is 104 Å². The Bertz CT molecular complexity index is 597. The van der Waals surface area contributed by atoms with Gasteiger partial charge in [-0.3, -0.25) is 0 Å². The number of carbonyl (C=O) groups is 1. The lowest BCUT2D eigenvalue weighted by atomic mass is 10.1. The zero-order chi connectivity index (χ0) is 13.1. The molecule has 0 aliphatic rings. The van der Waals surface area contributed by atoms with Crippen molar-refractivity contribution in [2.24, 2.45) is 0 Å². The molecule has 2 rings (SSSR count). The van der Waals surface area contributed by atoms with Crippen LogP contribution in [0.1, 0.15) is 21.7 Å². The van der Waals surface area contributed by atoms with Crippen LogP contribution in [0.2, 0.25) is 0 Å². The highest BCUT2D eigenvalue weighted by Crippen LogP contribution is 2.25. The summed E-state index contributed by atoms with van der Waals surface area (Å²) in [6, 6.07) is 6.49. The first-order chi connectivity index (χ1) is 8.56. The lowest BCUT2D eigenvalue weighted by Crippen LogP contribution is -2.01. The van der Waals surface area contributed by atoms with E-state index < -0.39 is 5.97 Å². The van der Waals surface area contributed by atoms with Gasteiger partial charge in [0.05, 0.1) is 0 Å². The van der Waals surface area contributed by atoms with Crippen molar-refractivity contribution in [1.29, 1.82) is 0 Å². The molecular weight excluding hydrogens is 232 g/mol. The van der Waals surface area contributed by atoms with E-state index >= 15 is 0 Å². The number of hydrogen-bond donors (Lipinski definition) is 1. The lowest BCUT2D eigenvalue weighted by Gasteiger charge is -2.08. The second kappa shape index (κ2) is 4.83. The molecule has 0 aliphatic carbocycles. The van der Waals surface area contributed by atoms with Crippen LogP contribution in [0.15, 0.2) is 30.5 Å². The third kappa shape index (κ3) is 2.63. The molecule has 1 aromatic heterocycles. The molecule has 0 radical (unpaired) electrons. The van der Waals surface area contributed by atoms with Gasteiger partial charge in [0.1, 0.15) is 17.1 Å². The first kappa shape index (κ1) is 12.0. The molecule has 1 heterocycles. The van der Waals surface area contributed by atoms with E-state index in [9.17, 15) is 4.79 Å². The van der Waals surface area contributed by atoms with Gasteiger partial charge in [0, 0.05) is 12.3 Å². The summed E-state index contributed by atoms with van der Waals surface area (Å²) >= 11 is 0. The average Bonchev–Trinajstić information content (AvgIpc) is 2.28. The van der Waals surface area contributed by atoms with Gasteiger partial charge in [-0.2, -0.15) is 4.98 Å². The van der Waals surface area contributed by atoms with Crippen molar-refractivity contribution in [1.82, 2.24) is 9.97 Å². The number of carboxylic acid groups (broad SMARTS) is 1. The van der Waals surface area contributed by atoms with Gasteiger partial charge in [-0.05, 0) is 31.5 Å². The second-order valence-electron chi connectivity index (χ2n) is 3.85. The standard InChI is InChI=1S/C13H12N2O3/c1-8-3-4-10(13(16)17)11(7-8)18-12-5-6-14-9(2)15-12/h3-7H,1-2H3,(H,16,17). The number of hydrogen-bond acceptors (Lipinski definition) is 4. The number of rotatable bonds is 3. The Kier molecular flexibility index (Phi) is 3.23. The maximum Gasteiger partial charge on any atom is 0.339 e. The second-order valence-corrected chi connectivity index (χ2v) is 3.85. The van der Waals surface area contributed by atoms with E-state index in [1.54, 1.807) is 31.3 Å². The fraction of sp³-hybridized carbons (Fsp3) is 0.154. The summed E-state index contributed by atoms with van der Waals surface area (Å²) in [5.74, 6) is 0.143. The van der Waals surface area contributed by atoms with Gasteiger partial charge in [-0.1, -0.05) is 6.07 Å². The molecule has 0 saturated carbocycles. The Morgan fingerprint density at radius 2 is 2.06 bits per heavy atom. The van der Waals surface area contributed by atoms with E-state index in [0.29, 0.717) is 11.7 Å². The molecule has 2 aromatic rings. The third-order valence-electron chi connectivity index (χ3n) is 2.33. The van der Waals surface area contributed by atoms with Crippen molar-refractivity contribution in [2.75, 3.05) is 0 Å². The van der Waals surface area contributed by atoms with E-state index in [0.717, 1.165) is 5.56 Å². The van der Waals surface area contributed by atoms with Crippen molar-refractivity contribution in [2.45, 2.75) is 13.8 Å². The molecule has 1 aromatic carbocycles. The van der Waals surface area contributed by atoms with Crippen LogP contribution < -0.4 is 4.74 Å². The lowest BCUT2D eigenvalue weighted by molar-refractivity contribution is 0.0694.